The molecule has 3 aromatic heterocycles. The number of benzene rings is 2. The largest absolute Gasteiger partial charge is 0.384 e. The lowest BCUT2D eigenvalue weighted by atomic mass is 9.94. The van der Waals surface area contributed by atoms with E-state index in [1.165, 1.54) is 16.9 Å². The molecule has 4 aliphatic rings. The molecule has 0 spiro atoms. The Morgan fingerprint density at radius 1 is 0.984 bits per heavy atom. The summed E-state index contributed by atoms with van der Waals surface area (Å²) in [5.74, 6) is 0.307. The molecule has 2 amide bonds. The van der Waals surface area contributed by atoms with Gasteiger partial charge in [0.25, 0.3) is 5.56 Å². The van der Waals surface area contributed by atoms with Gasteiger partial charge < -0.3 is 30.3 Å². The van der Waals surface area contributed by atoms with Crippen LogP contribution in [-0.2, 0) is 32.9 Å². The number of fused-ring (bicyclic) bond motifs is 2. The molecule has 2 aromatic carbocycles. The van der Waals surface area contributed by atoms with E-state index >= 15 is 4.39 Å². The summed E-state index contributed by atoms with van der Waals surface area (Å²) in [6, 6.07) is 16.7. The summed E-state index contributed by atoms with van der Waals surface area (Å²) < 4.78 is 24.3. The molecule has 16 nitrogen and oxygen atoms in total. The Balaban J connectivity index is 0.820. The van der Waals surface area contributed by atoms with Gasteiger partial charge in [-0.1, -0.05) is 19.1 Å². The molecule has 64 heavy (non-hydrogen) atoms. The van der Waals surface area contributed by atoms with Gasteiger partial charge in [-0.25, -0.2) is 23.7 Å². The fraction of sp³-hybridized carbons (Fsp3) is 0.447. The van der Waals surface area contributed by atoms with Crippen molar-refractivity contribution in [2.75, 3.05) is 73.4 Å². The molecule has 3 aliphatic heterocycles. The number of aromatic nitrogens is 5. The summed E-state index contributed by atoms with van der Waals surface area (Å²) in [5.41, 5.74) is 3.78. The minimum Gasteiger partial charge on any atom is -0.384 e. The van der Waals surface area contributed by atoms with Crippen molar-refractivity contribution in [3.05, 3.63) is 101 Å². The number of hydrogen-bond acceptors (Lipinski definition) is 13. The fourth-order valence-electron chi connectivity index (χ4n) is 9.79. The van der Waals surface area contributed by atoms with Crippen LogP contribution in [-0.4, -0.2) is 111 Å². The molecule has 3 saturated heterocycles. The third-order valence-corrected chi connectivity index (χ3v) is 13.4. The molecule has 6 heterocycles. The zero-order chi connectivity index (χ0) is 44.5. The topological polar surface area (TPSA) is 175 Å². The van der Waals surface area contributed by atoms with Crippen LogP contribution in [0.2, 0.25) is 0 Å². The van der Waals surface area contributed by atoms with E-state index in [4.69, 9.17) is 14.7 Å². The Kier molecular flexibility index (Phi) is 12.2. The van der Waals surface area contributed by atoms with Crippen molar-refractivity contribution in [1.29, 1.82) is 0 Å². The number of carbonyl (C=O) groups is 2. The molecule has 0 saturated carbocycles. The van der Waals surface area contributed by atoms with E-state index in [2.05, 4.69) is 54.3 Å². The monoisotopic (exact) mass is 873 g/mol. The van der Waals surface area contributed by atoms with E-state index in [0.717, 1.165) is 75.5 Å². The number of nitrogens with one attached hydrogen (secondary N) is 3. The van der Waals surface area contributed by atoms with Crippen LogP contribution in [0.1, 0.15) is 56.7 Å². The molecular weight excluding hydrogens is 818 g/mol. The van der Waals surface area contributed by atoms with Crippen LogP contribution in [0.3, 0.4) is 0 Å². The Hall–Kier alpha value is -6.17. The maximum atomic E-state index is 15.4. The van der Waals surface area contributed by atoms with Crippen LogP contribution in [0.4, 0.5) is 33.1 Å². The van der Waals surface area contributed by atoms with Gasteiger partial charge in [0.05, 0.1) is 30.6 Å². The van der Waals surface area contributed by atoms with Gasteiger partial charge >= 0.3 is 0 Å². The summed E-state index contributed by atoms with van der Waals surface area (Å²) >= 11 is 0. The summed E-state index contributed by atoms with van der Waals surface area (Å²) in [6.07, 6.45) is 7.64. The summed E-state index contributed by atoms with van der Waals surface area (Å²) in [5, 5.41) is 20.4. The Labute approximate surface area is 371 Å². The number of rotatable bonds is 14. The van der Waals surface area contributed by atoms with E-state index in [1.54, 1.807) is 30.0 Å². The third kappa shape index (κ3) is 8.58. The summed E-state index contributed by atoms with van der Waals surface area (Å²) in [4.78, 5) is 58.5. The number of halogens is 1. The molecule has 0 bridgehead atoms. The number of nitrogens with zero attached hydrogens (tertiary/aromatic N) is 8. The predicted molar refractivity (Wildman–Crippen MR) is 244 cm³/mol. The van der Waals surface area contributed by atoms with E-state index in [1.807, 2.05) is 31.2 Å². The number of aryl methyl sites for hydroxylation is 1. The van der Waals surface area contributed by atoms with Crippen molar-refractivity contribution in [3.63, 3.8) is 0 Å². The first-order chi connectivity index (χ1) is 31.0. The third-order valence-electron chi connectivity index (χ3n) is 13.4. The summed E-state index contributed by atoms with van der Waals surface area (Å²) in [7, 11) is 1.75. The van der Waals surface area contributed by atoms with Gasteiger partial charge in [0.1, 0.15) is 22.8 Å². The molecule has 1 unspecified atom stereocenters. The van der Waals surface area contributed by atoms with Crippen molar-refractivity contribution in [2.24, 2.45) is 5.92 Å². The molecular formula is C47H56FN11O5. The predicted octanol–water partition coefficient (Wildman–Crippen LogP) is 4.86. The maximum Gasteiger partial charge on any atom is 0.278 e. The van der Waals surface area contributed by atoms with Gasteiger partial charge in [0.15, 0.2) is 11.5 Å². The number of methoxy groups -OCH3 is 1. The van der Waals surface area contributed by atoms with Gasteiger partial charge in [-0.05, 0) is 98.5 Å². The molecule has 1 aliphatic carbocycles. The van der Waals surface area contributed by atoms with Crippen molar-refractivity contribution in [2.45, 2.75) is 76.1 Å². The maximum absolute atomic E-state index is 15.4. The standard InChI is InChI=1S/C47H56FN11O5/c1-4-20-58-45(62)36-26-49-46(54-43(36)59(58)40-14-6-31-16-19-47(63,5-2)42(31)52-40)51-32-7-10-34(11-8-32)57-24-23-56(35(28-57)29-64-3)27-30-17-21-55(22-18-30)39-13-9-33(25-37(39)48)50-38-12-15-41(60)53-44(38)61/h4,6-11,13-14,25-26,30,35,38,50,63H,1,5,12,15-24,27-29H2,2-3H3,(H,49,51,54)(H,53,60,61)/t35-,38?,47+/m0/s1. The van der Waals surface area contributed by atoms with E-state index in [-0.39, 0.29) is 42.2 Å². The van der Waals surface area contributed by atoms with Gasteiger partial charge in [0.2, 0.25) is 17.8 Å². The van der Waals surface area contributed by atoms with Crippen LogP contribution in [0.25, 0.3) is 16.9 Å². The molecule has 0 radical (unpaired) electrons. The normalized spacial score (nSPS) is 21.9. The lowest BCUT2D eigenvalue weighted by Gasteiger charge is -2.44. The first-order valence-corrected chi connectivity index (χ1v) is 22.4. The minimum absolute atomic E-state index is 0.207. The first kappa shape index (κ1) is 43.1. The number of pyridine rings is 1. The van der Waals surface area contributed by atoms with E-state index in [0.29, 0.717) is 71.7 Å². The highest BCUT2D eigenvalue weighted by Gasteiger charge is 2.37. The molecule has 17 heteroatoms. The molecule has 336 valence electrons. The zero-order valence-corrected chi connectivity index (χ0v) is 36.4. The second kappa shape index (κ2) is 18.1. The first-order valence-electron chi connectivity index (χ1n) is 22.4. The number of aliphatic hydroxyl groups is 1. The minimum atomic E-state index is -1.01. The molecule has 9 rings (SSSR count). The van der Waals surface area contributed by atoms with Crippen LogP contribution < -0.4 is 31.3 Å². The highest BCUT2D eigenvalue weighted by Crippen LogP contribution is 2.39. The lowest BCUT2D eigenvalue weighted by molar-refractivity contribution is -0.133. The number of anilines is 5. The molecule has 3 fully saturated rings. The van der Waals surface area contributed by atoms with Crippen molar-refractivity contribution < 1.29 is 23.8 Å². The quantitative estimate of drug-likeness (QED) is 0.0881. The number of allylic oxidation sites excluding steroid dienone is 1. The highest BCUT2D eigenvalue weighted by atomic mass is 19.1. The van der Waals surface area contributed by atoms with Crippen LogP contribution >= 0.6 is 0 Å². The van der Waals surface area contributed by atoms with E-state index < -0.39 is 11.6 Å². The van der Waals surface area contributed by atoms with Gasteiger partial charge in [-0.2, -0.15) is 4.98 Å². The van der Waals surface area contributed by atoms with Crippen molar-refractivity contribution in [1.82, 2.24) is 34.5 Å². The van der Waals surface area contributed by atoms with Gasteiger partial charge in [-0.3, -0.25) is 24.6 Å². The average Bonchev–Trinajstić information content (AvgIpc) is 3.78. The molecule has 5 aromatic rings. The van der Waals surface area contributed by atoms with Gasteiger partial charge in [-0.15, -0.1) is 6.58 Å². The Morgan fingerprint density at radius 2 is 1.78 bits per heavy atom. The lowest BCUT2D eigenvalue weighted by Crippen LogP contribution is -2.56. The van der Waals surface area contributed by atoms with Crippen LogP contribution in [0, 0.1) is 11.7 Å². The van der Waals surface area contributed by atoms with Crippen LogP contribution in [0.15, 0.2) is 78.2 Å². The van der Waals surface area contributed by atoms with Crippen LogP contribution in [0.5, 0.6) is 0 Å². The van der Waals surface area contributed by atoms with Gasteiger partial charge in [0, 0.05) is 76.1 Å². The second-order valence-electron chi connectivity index (χ2n) is 17.4. The zero-order valence-electron chi connectivity index (χ0n) is 36.4. The Morgan fingerprint density at radius 3 is 2.52 bits per heavy atom. The number of amides is 2. The smallest absolute Gasteiger partial charge is 0.278 e. The van der Waals surface area contributed by atoms with Crippen molar-refractivity contribution >= 4 is 51.5 Å². The number of hydrogen-bond donors (Lipinski definition) is 4. The number of carbonyl (C=O) groups excluding carboxylic acids is 2. The van der Waals surface area contributed by atoms with Crippen molar-refractivity contribution in [3.8, 4) is 5.82 Å². The number of piperazine rings is 1. The molecule has 3 atom stereocenters. The number of ether oxygens (including phenoxy) is 1. The Bertz CT molecular complexity index is 2610. The number of piperidine rings is 2. The fourth-order valence-corrected chi connectivity index (χ4v) is 9.79. The SMILES string of the molecule is C=CCn1c(=O)c2cnc(Nc3ccc(N4CCN(CC5CCN(c6ccc(NC7CCC(=O)NC7=O)cc6F)CC5)[C@H](COC)C4)cc3)nc2n1-c1ccc2c(n1)[C@@](O)(CC)CC2. The average molecular weight is 874 g/mol. The highest BCUT2D eigenvalue weighted by molar-refractivity contribution is 6.01. The molecule has 4 N–H and O–H groups in total. The summed E-state index contributed by atoms with van der Waals surface area (Å²) in [6.45, 7) is 11.7. The number of imide groups is 1. The van der Waals surface area contributed by atoms with E-state index in [9.17, 15) is 19.5 Å². The second-order valence-corrected chi connectivity index (χ2v) is 17.4.